The van der Waals surface area contributed by atoms with E-state index in [0.717, 1.165) is 18.4 Å². The minimum atomic E-state index is -2.86. The van der Waals surface area contributed by atoms with Crippen molar-refractivity contribution in [3.63, 3.8) is 0 Å². The Morgan fingerprint density at radius 2 is 1.62 bits per heavy atom. The molecule has 1 saturated carbocycles. The van der Waals surface area contributed by atoms with Gasteiger partial charge in [-0.05, 0) is 117 Å². The van der Waals surface area contributed by atoms with E-state index in [1.807, 2.05) is 58.1 Å². The van der Waals surface area contributed by atoms with Gasteiger partial charge in [0.1, 0.15) is 36.5 Å². The number of amides is 1. The van der Waals surface area contributed by atoms with E-state index < -0.39 is 77.8 Å². The molecule has 1 amide bonds. The summed E-state index contributed by atoms with van der Waals surface area (Å²) >= 11 is 0. The highest BCUT2D eigenvalue weighted by Crippen LogP contribution is 2.39. The number of aromatic nitrogens is 4. The van der Waals surface area contributed by atoms with Crippen LogP contribution < -0.4 is 0 Å². The molecular formula is C52H79N5O12. The fourth-order valence-corrected chi connectivity index (χ4v) is 10.7. The van der Waals surface area contributed by atoms with Gasteiger partial charge in [0.2, 0.25) is 5.78 Å². The van der Waals surface area contributed by atoms with Crippen LogP contribution in [-0.4, -0.2) is 141 Å². The van der Waals surface area contributed by atoms with Gasteiger partial charge in [0.05, 0.1) is 24.4 Å². The number of aliphatic hydroxyl groups is 2. The number of allylic oxidation sites excluding steroid dienone is 6. The Hall–Kier alpha value is -4.26. The van der Waals surface area contributed by atoms with Crippen molar-refractivity contribution in [2.24, 2.45) is 35.5 Å². The molecule has 0 aromatic carbocycles. The molecule has 1 aromatic rings. The zero-order valence-corrected chi connectivity index (χ0v) is 42.5. The maximum Gasteiger partial charge on any atom is 0.329 e. The van der Waals surface area contributed by atoms with Crippen molar-refractivity contribution in [1.29, 1.82) is 0 Å². The Balaban J connectivity index is 1.49. The average molecular weight is 966 g/mol. The molecular weight excluding hydrogens is 887 g/mol. The molecule has 3 aliphatic heterocycles. The molecule has 0 spiro atoms. The van der Waals surface area contributed by atoms with Gasteiger partial charge in [-0.15, -0.1) is 5.10 Å². The third-order valence-electron chi connectivity index (χ3n) is 15.1. The van der Waals surface area contributed by atoms with Crippen molar-refractivity contribution in [1.82, 2.24) is 25.1 Å². The summed E-state index contributed by atoms with van der Waals surface area (Å²) in [5, 5.41) is 35.4. The SMILES string of the molecule is CO[C@H]1C[C@@H]2CC[C@@H](C)C(=O)C(O)(O2)C(=O)N2CCCC[C@H]2C(=O)O[C@H]([C@H](C)C[C@@H]2CCC(n3cnnn3)[C@H](OC)C2)CC(=O)[C@H](C)/C=C(\C)[C@@H](O)[C@@H](OC)C(=O)[C@H](C)C[C@H](C)/C=C/C=C/C=C1C. The van der Waals surface area contributed by atoms with Crippen LogP contribution in [0.4, 0.5) is 0 Å². The molecule has 2 saturated heterocycles. The molecule has 2 bridgehead atoms. The Labute approximate surface area is 408 Å². The lowest BCUT2D eigenvalue weighted by molar-refractivity contribution is -0.231. The smallest absolute Gasteiger partial charge is 0.329 e. The molecule has 1 aromatic heterocycles. The number of hydrogen-bond acceptors (Lipinski definition) is 15. The molecule has 17 heteroatoms. The highest BCUT2D eigenvalue weighted by Gasteiger charge is 2.55. The second-order valence-electron chi connectivity index (χ2n) is 20.4. The van der Waals surface area contributed by atoms with Crippen molar-refractivity contribution < 1.29 is 57.9 Å². The second kappa shape index (κ2) is 25.7. The molecule has 15 atom stereocenters. The molecule has 17 nitrogen and oxygen atoms in total. The summed E-state index contributed by atoms with van der Waals surface area (Å²) in [6.45, 7) is 12.8. The Kier molecular flexibility index (Phi) is 20.8. The first-order valence-corrected chi connectivity index (χ1v) is 25.0. The number of piperidine rings is 1. The number of esters is 1. The number of tetrazole rings is 1. The van der Waals surface area contributed by atoms with E-state index in [-0.39, 0.29) is 67.3 Å². The zero-order chi connectivity index (χ0) is 50.6. The van der Waals surface area contributed by atoms with Gasteiger partial charge in [-0.25, -0.2) is 9.48 Å². The van der Waals surface area contributed by atoms with Crippen LogP contribution in [0.2, 0.25) is 0 Å². The number of ether oxygens (including phenoxy) is 5. The average Bonchev–Trinajstić information content (AvgIpc) is 3.85. The third-order valence-corrected chi connectivity index (χ3v) is 15.1. The van der Waals surface area contributed by atoms with E-state index in [4.69, 9.17) is 23.7 Å². The second-order valence-corrected chi connectivity index (χ2v) is 20.4. The van der Waals surface area contributed by atoms with Gasteiger partial charge in [0.25, 0.3) is 5.91 Å². The van der Waals surface area contributed by atoms with Crippen LogP contribution in [0.25, 0.3) is 0 Å². The van der Waals surface area contributed by atoms with Crippen LogP contribution in [0.15, 0.2) is 53.9 Å². The van der Waals surface area contributed by atoms with Gasteiger partial charge in [0.15, 0.2) is 5.78 Å². The number of carbonyl (C=O) groups excluding carboxylic acids is 5. The van der Waals surface area contributed by atoms with Gasteiger partial charge in [-0.2, -0.15) is 0 Å². The van der Waals surface area contributed by atoms with Crippen molar-refractivity contribution in [2.75, 3.05) is 27.9 Å². The quantitative estimate of drug-likeness (QED) is 0.181. The molecule has 4 heterocycles. The summed E-state index contributed by atoms with van der Waals surface area (Å²) < 4.78 is 31.7. The summed E-state index contributed by atoms with van der Waals surface area (Å²) in [5.41, 5.74) is 1.24. The van der Waals surface area contributed by atoms with Crippen LogP contribution in [0.3, 0.4) is 0 Å². The monoisotopic (exact) mass is 966 g/mol. The molecule has 1 aliphatic carbocycles. The summed E-state index contributed by atoms with van der Waals surface area (Å²) in [6, 6.07) is -1.21. The normalized spacial score (nSPS) is 38.0. The predicted octanol–water partition coefficient (Wildman–Crippen LogP) is 6.05. The summed E-state index contributed by atoms with van der Waals surface area (Å²) in [7, 11) is 4.61. The fraction of sp³-hybridized carbons (Fsp3) is 0.731. The van der Waals surface area contributed by atoms with Crippen molar-refractivity contribution in [3.8, 4) is 0 Å². The first-order valence-electron chi connectivity index (χ1n) is 25.0. The molecule has 5 rings (SSSR count). The zero-order valence-electron chi connectivity index (χ0n) is 42.5. The first kappa shape index (κ1) is 55.7. The molecule has 3 fully saturated rings. The Morgan fingerprint density at radius 3 is 2.30 bits per heavy atom. The molecule has 4 aliphatic rings. The van der Waals surface area contributed by atoms with Crippen molar-refractivity contribution in [2.45, 2.75) is 180 Å². The Morgan fingerprint density at radius 1 is 0.870 bits per heavy atom. The molecule has 2 unspecified atom stereocenters. The number of ketones is 3. The fourth-order valence-electron chi connectivity index (χ4n) is 10.7. The highest BCUT2D eigenvalue weighted by atomic mass is 16.6. The largest absolute Gasteiger partial charge is 0.460 e. The number of Topliss-reactive ketones (excluding diaryl/α,β-unsaturated/α-hetero) is 3. The van der Waals surface area contributed by atoms with E-state index in [1.165, 1.54) is 12.0 Å². The predicted molar refractivity (Wildman–Crippen MR) is 256 cm³/mol. The minimum absolute atomic E-state index is 0.0124. The molecule has 69 heavy (non-hydrogen) atoms. The van der Waals surface area contributed by atoms with Crippen LogP contribution in [0.1, 0.15) is 132 Å². The number of fused-ring (bicyclic) bond motifs is 3. The summed E-state index contributed by atoms with van der Waals surface area (Å²) in [6.07, 6.45) is 13.4. The number of nitrogens with zero attached hydrogens (tertiary/aromatic N) is 5. The van der Waals surface area contributed by atoms with Crippen LogP contribution >= 0.6 is 0 Å². The van der Waals surface area contributed by atoms with Gasteiger partial charge in [0, 0.05) is 58.5 Å². The lowest BCUT2D eigenvalue weighted by Gasteiger charge is -2.40. The minimum Gasteiger partial charge on any atom is -0.460 e. The van der Waals surface area contributed by atoms with Crippen molar-refractivity contribution >= 4 is 29.2 Å². The van der Waals surface area contributed by atoms with Gasteiger partial charge < -0.3 is 38.8 Å². The molecule has 384 valence electrons. The van der Waals surface area contributed by atoms with Gasteiger partial charge in [-0.1, -0.05) is 71.1 Å². The Bertz CT molecular complexity index is 2020. The number of rotatable bonds is 7. The van der Waals surface area contributed by atoms with Crippen molar-refractivity contribution in [3.05, 3.63) is 53.9 Å². The van der Waals surface area contributed by atoms with E-state index in [1.54, 1.807) is 52.1 Å². The number of hydrogen-bond donors (Lipinski definition) is 2. The van der Waals surface area contributed by atoms with Crippen LogP contribution in [0, 0.1) is 35.5 Å². The van der Waals surface area contributed by atoms with E-state index in [0.29, 0.717) is 50.5 Å². The third kappa shape index (κ3) is 14.2. The maximum atomic E-state index is 14.7. The first-order chi connectivity index (χ1) is 32.8. The number of aliphatic hydroxyl groups excluding tert-OH is 1. The molecule has 0 radical (unpaired) electrons. The maximum absolute atomic E-state index is 14.7. The van der Waals surface area contributed by atoms with Gasteiger partial charge >= 0.3 is 11.8 Å². The number of carbonyl (C=O) groups is 5. The highest BCUT2D eigenvalue weighted by molar-refractivity contribution is 6.09. The standard InChI is InChI=1S/C52H79N5O12/c1-31-16-12-11-13-17-32(2)43(65-8)28-39-21-19-33(3)49(61)52(64,69-39)51(63)56-23-15-14-18-41(56)50(62)68-44(35(5)26-38-20-22-40(45(27-38)66-9)57-30-53-54-55-57)29-42(58)34(4)25-37(7)47(60)48(67-10)46(59)36(6)24-31/h11-13,16-17,25,30-31,33-36,38-41,43-45,47-48,60,64H,14-15,18-24,26-29H2,1-10H3/b13-11+,16-12+,32-17?,37-25+/t31-,33-,34-,35-,36-,38+,39+,40?,41+,43+,44+,45-,47-,48+,52?/m1/s1. The molecule has 2 N–H and O–H groups in total. The van der Waals surface area contributed by atoms with E-state index in [9.17, 15) is 34.2 Å². The van der Waals surface area contributed by atoms with E-state index >= 15 is 0 Å². The number of cyclic esters (lactones) is 1. The number of methoxy groups -OCH3 is 3. The van der Waals surface area contributed by atoms with Crippen LogP contribution in [0.5, 0.6) is 0 Å². The van der Waals surface area contributed by atoms with Crippen LogP contribution in [-0.2, 0) is 47.7 Å². The lowest BCUT2D eigenvalue weighted by atomic mass is 9.77. The summed E-state index contributed by atoms with van der Waals surface area (Å²) in [4.78, 5) is 72.6. The topological polar surface area (TPSA) is 219 Å². The van der Waals surface area contributed by atoms with Gasteiger partial charge in [-0.3, -0.25) is 19.2 Å². The lowest BCUT2D eigenvalue weighted by Crippen LogP contribution is -2.62. The van der Waals surface area contributed by atoms with E-state index in [2.05, 4.69) is 15.5 Å². The summed E-state index contributed by atoms with van der Waals surface area (Å²) in [5.74, 6) is -7.98.